The molecule has 0 spiro atoms. The molecule has 0 N–H and O–H groups in total. The fourth-order valence-electron chi connectivity index (χ4n) is 2.56. The summed E-state index contributed by atoms with van der Waals surface area (Å²) in [5.41, 5.74) is 2.41. The van der Waals surface area contributed by atoms with Crippen LogP contribution in [-0.4, -0.2) is 0 Å². The molecule has 1 aliphatic rings. The van der Waals surface area contributed by atoms with E-state index in [1.54, 1.807) is 6.08 Å². The average molecular weight is 240 g/mol. The molecule has 1 aromatic carbocycles. The molecule has 0 fully saturated rings. The zero-order chi connectivity index (χ0) is 13.1. The fraction of sp³-hybridized carbons (Fsp3) is 0.294. The number of allylic oxidation sites excluding steroid dienone is 3. The number of rotatable bonds is 4. The Morgan fingerprint density at radius 2 is 2.00 bits per heavy atom. The van der Waals surface area contributed by atoms with Gasteiger partial charge < -0.3 is 4.74 Å². The highest BCUT2D eigenvalue weighted by Gasteiger charge is 2.30. The van der Waals surface area contributed by atoms with Crippen molar-refractivity contribution in [1.82, 2.24) is 0 Å². The lowest BCUT2D eigenvalue weighted by atomic mass is 9.78. The van der Waals surface area contributed by atoms with Crippen molar-refractivity contribution in [2.75, 3.05) is 0 Å². The predicted molar refractivity (Wildman–Crippen MR) is 76.7 cm³/mol. The van der Waals surface area contributed by atoms with Gasteiger partial charge in [0.25, 0.3) is 0 Å². The lowest BCUT2D eigenvalue weighted by Gasteiger charge is -2.32. The van der Waals surface area contributed by atoms with E-state index in [2.05, 4.69) is 39.1 Å². The van der Waals surface area contributed by atoms with Crippen LogP contribution < -0.4 is 4.74 Å². The minimum atomic E-state index is 0.352. The van der Waals surface area contributed by atoms with Crippen LogP contribution in [0.1, 0.15) is 31.7 Å². The monoisotopic (exact) mass is 240 g/mol. The second-order valence-corrected chi connectivity index (χ2v) is 4.73. The summed E-state index contributed by atoms with van der Waals surface area (Å²) in [4.78, 5) is 0. The molecule has 1 heteroatoms. The molecular formula is C17H20O. The van der Waals surface area contributed by atoms with E-state index in [0.717, 1.165) is 23.5 Å². The van der Waals surface area contributed by atoms with Gasteiger partial charge in [-0.2, -0.15) is 0 Å². The second kappa shape index (κ2) is 5.26. The minimum Gasteiger partial charge on any atom is -0.457 e. The Labute approximate surface area is 109 Å². The molecule has 0 aromatic heterocycles. The van der Waals surface area contributed by atoms with Crippen molar-refractivity contribution in [3.05, 3.63) is 66.5 Å². The molecule has 1 aliphatic heterocycles. The molecule has 2 unspecified atom stereocenters. The summed E-state index contributed by atoms with van der Waals surface area (Å²) in [6, 6.07) is 8.24. The minimum absolute atomic E-state index is 0.352. The average Bonchev–Trinajstić information content (AvgIpc) is 2.44. The number of benzene rings is 1. The van der Waals surface area contributed by atoms with Gasteiger partial charge in [0.05, 0.1) is 0 Å². The molecule has 0 aliphatic carbocycles. The Bertz CT molecular complexity index is 496. The van der Waals surface area contributed by atoms with Crippen LogP contribution >= 0.6 is 0 Å². The number of hydrogen-bond donors (Lipinski definition) is 0. The Balaban J connectivity index is 2.59. The van der Waals surface area contributed by atoms with Crippen molar-refractivity contribution in [3.8, 4) is 5.75 Å². The Hall–Kier alpha value is -1.76. The van der Waals surface area contributed by atoms with Gasteiger partial charge in [0, 0.05) is 17.1 Å². The summed E-state index contributed by atoms with van der Waals surface area (Å²) in [6.45, 7) is 12.3. The maximum atomic E-state index is 5.90. The molecule has 2 atom stereocenters. The van der Waals surface area contributed by atoms with Crippen LogP contribution in [0.4, 0.5) is 0 Å². The zero-order valence-electron chi connectivity index (χ0n) is 11.1. The maximum Gasteiger partial charge on any atom is 0.131 e. The van der Waals surface area contributed by atoms with Gasteiger partial charge in [0.15, 0.2) is 0 Å². The normalized spacial score (nSPS) is 19.8. The van der Waals surface area contributed by atoms with E-state index in [-0.39, 0.29) is 0 Å². The smallest absolute Gasteiger partial charge is 0.131 e. The first-order chi connectivity index (χ1) is 8.72. The van der Waals surface area contributed by atoms with E-state index in [1.165, 1.54) is 5.56 Å². The third-order valence-electron chi connectivity index (χ3n) is 3.71. The standard InChI is InChI=1S/C17H20O/c1-5-12(4)17-13(6-2)15(7-3)18-16-11-9-8-10-14(16)17/h6-12,17H,2-3,5H2,1,4H3. The third kappa shape index (κ3) is 2.01. The predicted octanol–water partition coefficient (Wildman–Crippen LogP) is 4.83. The highest BCUT2D eigenvalue weighted by atomic mass is 16.5. The Morgan fingerprint density at radius 3 is 2.61 bits per heavy atom. The number of para-hydroxylation sites is 1. The summed E-state index contributed by atoms with van der Waals surface area (Å²) in [5, 5.41) is 0. The van der Waals surface area contributed by atoms with E-state index in [9.17, 15) is 0 Å². The van der Waals surface area contributed by atoms with Gasteiger partial charge in [0.1, 0.15) is 11.5 Å². The summed E-state index contributed by atoms with van der Waals surface area (Å²) in [7, 11) is 0. The topological polar surface area (TPSA) is 9.23 Å². The number of ether oxygens (including phenoxy) is 1. The Morgan fingerprint density at radius 1 is 1.28 bits per heavy atom. The maximum absolute atomic E-state index is 5.90. The molecule has 2 rings (SSSR count). The SMILES string of the molecule is C=CC1=C(C=C)C(C(C)CC)c2ccccc2O1. The molecule has 0 bridgehead atoms. The first-order valence-electron chi connectivity index (χ1n) is 6.48. The van der Waals surface area contributed by atoms with Crippen LogP contribution in [0.15, 0.2) is 60.9 Å². The van der Waals surface area contributed by atoms with Crippen molar-refractivity contribution >= 4 is 0 Å². The van der Waals surface area contributed by atoms with E-state index in [4.69, 9.17) is 4.74 Å². The summed E-state index contributed by atoms with van der Waals surface area (Å²) >= 11 is 0. The molecule has 94 valence electrons. The van der Waals surface area contributed by atoms with Gasteiger partial charge in [-0.1, -0.05) is 57.7 Å². The van der Waals surface area contributed by atoms with Gasteiger partial charge in [0.2, 0.25) is 0 Å². The van der Waals surface area contributed by atoms with Gasteiger partial charge >= 0.3 is 0 Å². The van der Waals surface area contributed by atoms with Gasteiger partial charge in [-0.05, 0) is 18.1 Å². The molecular weight excluding hydrogens is 220 g/mol. The quantitative estimate of drug-likeness (QED) is 0.732. The van der Waals surface area contributed by atoms with Crippen LogP contribution in [0.25, 0.3) is 0 Å². The molecule has 1 aromatic rings. The molecule has 0 saturated carbocycles. The fourth-order valence-corrected chi connectivity index (χ4v) is 2.56. The Kier molecular flexibility index (Phi) is 3.71. The van der Waals surface area contributed by atoms with Crippen molar-refractivity contribution in [2.24, 2.45) is 5.92 Å². The van der Waals surface area contributed by atoms with Crippen molar-refractivity contribution in [3.63, 3.8) is 0 Å². The molecule has 1 heterocycles. The van der Waals surface area contributed by atoms with E-state index in [1.807, 2.05) is 18.2 Å². The second-order valence-electron chi connectivity index (χ2n) is 4.73. The van der Waals surface area contributed by atoms with E-state index >= 15 is 0 Å². The number of fused-ring (bicyclic) bond motifs is 1. The third-order valence-corrected chi connectivity index (χ3v) is 3.71. The first kappa shape index (κ1) is 12.7. The van der Waals surface area contributed by atoms with Crippen molar-refractivity contribution in [2.45, 2.75) is 26.2 Å². The molecule has 0 saturated heterocycles. The lowest BCUT2D eigenvalue weighted by molar-refractivity contribution is 0.380. The van der Waals surface area contributed by atoms with Crippen LogP contribution in [0.2, 0.25) is 0 Å². The molecule has 1 nitrogen and oxygen atoms in total. The largest absolute Gasteiger partial charge is 0.457 e. The van der Waals surface area contributed by atoms with Gasteiger partial charge in [-0.15, -0.1) is 0 Å². The van der Waals surface area contributed by atoms with E-state index in [0.29, 0.717) is 11.8 Å². The zero-order valence-corrected chi connectivity index (χ0v) is 11.1. The van der Waals surface area contributed by atoms with E-state index < -0.39 is 0 Å². The lowest BCUT2D eigenvalue weighted by Crippen LogP contribution is -2.19. The van der Waals surface area contributed by atoms with Gasteiger partial charge in [-0.3, -0.25) is 0 Å². The summed E-state index contributed by atoms with van der Waals surface area (Å²) in [5.74, 6) is 2.70. The van der Waals surface area contributed by atoms with Crippen molar-refractivity contribution in [1.29, 1.82) is 0 Å². The van der Waals surface area contributed by atoms with Gasteiger partial charge in [-0.25, -0.2) is 0 Å². The summed E-state index contributed by atoms with van der Waals surface area (Å²) in [6.07, 6.45) is 4.81. The summed E-state index contributed by atoms with van der Waals surface area (Å²) < 4.78 is 5.90. The molecule has 0 radical (unpaired) electrons. The van der Waals surface area contributed by atoms with Crippen LogP contribution in [0.5, 0.6) is 5.75 Å². The van der Waals surface area contributed by atoms with Crippen LogP contribution in [0, 0.1) is 5.92 Å². The van der Waals surface area contributed by atoms with Crippen LogP contribution in [0.3, 0.4) is 0 Å². The highest BCUT2D eigenvalue weighted by molar-refractivity contribution is 5.51. The molecule has 0 amide bonds. The highest BCUT2D eigenvalue weighted by Crippen LogP contribution is 2.44. The van der Waals surface area contributed by atoms with Crippen molar-refractivity contribution < 1.29 is 4.74 Å². The first-order valence-corrected chi connectivity index (χ1v) is 6.48. The van der Waals surface area contributed by atoms with Crippen LogP contribution in [-0.2, 0) is 0 Å². The number of hydrogen-bond acceptors (Lipinski definition) is 1. The molecule has 18 heavy (non-hydrogen) atoms.